The van der Waals surface area contributed by atoms with Gasteiger partial charge in [0.1, 0.15) is 5.75 Å². The number of ether oxygens (including phenoxy) is 1. The number of Topliss-reactive ketones (excluding diaryl/α,β-unsaturated/α-hetero) is 1. The summed E-state index contributed by atoms with van der Waals surface area (Å²) in [5.41, 5.74) is 1.86. The minimum Gasteiger partial charge on any atom is -0.492 e. The molecule has 98 valence electrons. The van der Waals surface area contributed by atoms with Crippen LogP contribution in [0, 0.1) is 12.8 Å². The molecule has 3 heteroatoms. The number of nitrogens with one attached hydrogen (secondary N) is 1. The zero-order valence-electron chi connectivity index (χ0n) is 11.2. The predicted octanol–water partition coefficient (Wildman–Crippen LogP) is 2.58. The molecule has 1 heterocycles. The molecule has 0 aliphatic carbocycles. The molecular weight excluding hydrogens is 226 g/mol. The molecular formula is C15H21NO2. The highest BCUT2D eigenvalue weighted by atomic mass is 16.5. The summed E-state index contributed by atoms with van der Waals surface area (Å²) in [6, 6.07) is 5.78. The molecule has 18 heavy (non-hydrogen) atoms. The van der Waals surface area contributed by atoms with E-state index >= 15 is 0 Å². The van der Waals surface area contributed by atoms with Crippen molar-refractivity contribution in [3.05, 3.63) is 29.3 Å². The van der Waals surface area contributed by atoms with Gasteiger partial charge in [0.2, 0.25) is 0 Å². The van der Waals surface area contributed by atoms with E-state index in [0.717, 1.165) is 29.8 Å². The number of fused-ring (bicyclic) bond motifs is 1. The molecule has 1 aliphatic heterocycles. The Kier molecular flexibility index (Phi) is 4.37. The molecule has 1 atom stereocenters. The fraction of sp³-hybridized carbons (Fsp3) is 0.533. The number of carbonyl (C=O) groups excluding carboxylic acids is 1. The lowest BCUT2D eigenvalue weighted by atomic mass is 9.94. The van der Waals surface area contributed by atoms with E-state index in [0.29, 0.717) is 13.2 Å². The lowest BCUT2D eigenvalue weighted by Gasteiger charge is -2.24. The second-order valence-corrected chi connectivity index (χ2v) is 4.93. The predicted molar refractivity (Wildman–Crippen MR) is 72.3 cm³/mol. The quantitative estimate of drug-likeness (QED) is 0.813. The maximum absolute atomic E-state index is 12.3. The van der Waals surface area contributed by atoms with Crippen LogP contribution >= 0.6 is 0 Å². The van der Waals surface area contributed by atoms with Gasteiger partial charge in [-0.15, -0.1) is 0 Å². The maximum atomic E-state index is 12.3. The Morgan fingerprint density at radius 2 is 2.28 bits per heavy atom. The molecule has 0 spiro atoms. The van der Waals surface area contributed by atoms with Crippen molar-refractivity contribution in [1.82, 2.24) is 5.32 Å². The lowest BCUT2D eigenvalue weighted by Crippen LogP contribution is -2.36. The molecule has 1 aromatic rings. The number of carbonyl (C=O) groups is 1. The van der Waals surface area contributed by atoms with E-state index in [-0.39, 0.29) is 11.7 Å². The van der Waals surface area contributed by atoms with Gasteiger partial charge < -0.3 is 10.1 Å². The summed E-state index contributed by atoms with van der Waals surface area (Å²) in [4.78, 5) is 12.3. The van der Waals surface area contributed by atoms with E-state index in [2.05, 4.69) is 12.2 Å². The van der Waals surface area contributed by atoms with Crippen LogP contribution in [0.25, 0.3) is 0 Å². The largest absolute Gasteiger partial charge is 0.492 e. The van der Waals surface area contributed by atoms with Crippen molar-refractivity contribution in [1.29, 1.82) is 0 Å². The number of hydrogen-bond donors (Lipinski definition) is 1. The van der Waals surface area contributed by atoms with Crippen LogP contribution in [-0.2, 0) is 0 Å². The third-order valence-electron chi connectivity index (χ3n) is 3.31. The van der Waals surface area contributed by atoms with Crippen LogP contribution in [-0.4, -0.2) is 25.5 Å². The van der Waals surface area contributed by atoms with Crippen molar-refractivity contribution in [2.45, 2.75) is 26.7 Å². The van der Waals surface area contributed by atoms with Crippen molar-refractivity contribution in [2.75, 3.05) is 19.7 Å². The first kappa shape index (κ1) is 13.1. The summed E-state index contributed by atoms with van der Waals surface area (Å²) in [5.74, 6) is 0.905. The lowest BCUT2D eigenvalue weighted by molar-refractivity contribution is 0.0830. The molecule has 0 fully saturated rings. The number of rotatable bonds is 5. The Labute approximate surface area is 109 Å². The van der Waals surface area contributed by atoms with Gasteiger partial charge in [-0.1, -0.05) is 19.4 Å². The molecule has 0 amide bonds. The van der Waals surface area contributed by atoms with Crippen molar-refractivity contribution in [3.63, 3.8) is 0 Å². The molecule has 0 bridgehead atoms. The molecule has 0 saturated heterocycles. The number of hydrogen-bond acceptors (Lipinski definition) is 3. The van der Waals surface area contributed by atoms with Gasteiger partial charge >= 0.3 is 0 Å². The van der Waals surface area contributed by atoms with Crippen LogP contribution in [0.15, 0.2) is 18.2 Å². The Morgan fingerprint density at radius 3 is 3.06 bits per heavy atom. The fourth-order valence-electron chi connectivity index (χ4n) is 2.17. The van der Waals surface area contributed by atoms with E-state index in [4.69, 9.17) is 4.74 Å². The molecule has 0 aromatic heterocycles. The summed E-state index contributed by atoms with van der Waals surface area (Å²) < 4.78 is 5.68. The van der Waals surface area contributed by atoms with Crippen LogP contribution in [0.5, 0.6) is 5.75 Å². The highest BCUT2D eigenvalue weighted by Gasteiger charge is 2.28. The normalized spacial score (nSPS) is 18.3. The number of aryl methyl sites for hydroxylation is 1. The zero-order chi connectivity index (χ0) is 13.0. The molecule has 2 rings (SSSR count). The summed E-state index contributed by atoms with van der Waals surface area (Å²) in [6.45, 7) is 6.35. The standard InChI is InChI=1S/C15H21NO2/c1-3-4-7-16-9-12-10-18-14-8-11(2)5-6-13(14)15(12)17/h5-6,8,12,16H,3-4,7,9-10H2,1-2H3/t12-/m1/s1. The SMILES string of the molecule is CCCCNC[C@@H]1COc2cc(C)ccc2C1=O. The van der Waals surface area contributed by atoms with E-state index in [9.17, 15) is 4.79 Å². The Bertz CT molecular complexity index is 429. The number of ketones is 1. The van der Waals surface area contributed by atoms with Gasteiger partial charge in [-0.25, -0.2) is 0 Å². The zero-order valence-corrected chi connectivity index (χ0v) is 11.2. The number of unbranched alkanes of at least 4 members (excludes halogenated alkanes) is 1. The Balaban J connectivity index is 1.98. The monoisotopic (exact) mass is 247 g/mol. The molecule has 1 aromatic carbocycles. The van der Waals surface area contributed by atoms with Gasteiger partial charge in [-0.2, -0.15) is 0 Å². The van der Waals surface area contributed by atoms with Crippen molar-refractivity contribution in [3.8, 4) is 5.75 Å². The van der Waals surface area contributed by atoms with Gasteiger partial charge in [-0.05, 0) is 37.6 Å². The average Bonchev–Trinajstić information content (AvgIpc) is 2.37. The molecule has 0 unspecified atom stereocenters. The van der Waals surface area contributed by atoms with E-state index in [1.165, 1.54) is 6.42 Å². The maximum Gasteiger partial charge on any atom is 0.174 e. The van der Waals surface area contributed by atoms with Crippen LogP contribution in [0.2, 0.25) is 0 Å². The number of benzene rings is 1. The van der Waals surface area contributed by atoms with Crippen LogP contribution in [0.1, 0.15) is 35.7 Å². The topological polar surface area (TPSA) is 38.3 Å². The van der Waals surface area contributed by atoms with Crippen molar-refractivity contribution < 1.29 is 9.53 Å². The highest BCUT2D eigenvalue weighted by Crippen LogP contribution is 2.27. The minimum absolute atomic E-state index is 0.0444. The van der Waals surface area contributed by atoms with Crippen molar-refractivity contribution >= 4 is 5.78 Å². The van der Waals surface area contributed by atoms with Gasteiger partial charge in [0.25, 0.3) is 0 Å². The third-order valence-corrected chi connectivity index (χ3v) is 3.31. The molecule has 1 aliphatic rings. The van der Waals surface area contributed by atoms with Crippen LogP contribution in [0.4, 0.5) is 0 Å². The molecule has 0 radical (unpaired) electrons. The average molecular weight is 247 g/mol. The van der Waals surface area contributed by atoms with Crippen molar-refractivity contribution in [2.24, 2.45) is 5.92 Å². The summed E-state index contributed by atoms with van der Waals surface area (Å²) in [6.07, 6.45) is 2.32. The van der Waals surface area contributed by atoms with Crippen LogP contribution < -0.4 is 10.1 Å². The van der Waals surface area contributed by atoms with Gasteiger partial charge in [0.15, 0.2) is 5.78 Å². The summed E-state index contributed by atoms with van der Waals surface area (Å²) in [7, 11) is 0. The van der Waals surface area contributed by atoms with Crippen LogP contribution in [0.3, 0.4) is 0 Å². The summed E-state index contributed by atoms with van der Waals surface area (Å²) in [5, 5.41) is 3.33. The van der Waals surface area contributed by atoms with E-state index in [1.807, 2.05) is 25.1 Å². The van der Waals surface area contributed by atoms with E-state index in [1.54, 1.807) is 0 Å². The summed E-state index contributed by atoms with van der Waals surface area (Å²) >= 11 is 0. The molecule has 0 saturated carbocycles. The molecule has 1 N–H and O–H groups in total. The van der Waals surface area contributed by atoms with Gasteiger partial charge in [0.05, 0.1) is 18.1 Å². The van der Waals surface area contributed by atoms with Gasteiger partial charge in [0, 0.05) is 6.54 Å². The second-order valence-electron chi connectivity index (χ2n) is 4.93. The first-order valence-electron chi connectivity index (χ1n) is 6.70. The Morgan fingerprint density at radius 1 is 1.44 bits per heavy atom. The highest BCUT2D eigenvalue weighted by molar-refractivity contribution is 6.01. The second kappa shape index (κ2) is 6.01. The third kappa shape index (κ3) is 2.91. The first-order valence-corrected chi connectivity index (χ1v) is 6.70. The smallest absolute Gasteiger partial charge is 0.174 e. The first-order chi connectivity index (χ1) is 8.72. The minimum atomic E-state index is -0.0444. The molecule has 3 nitrogen and oxygen atoms in total. The van der Waals surface area contributed by atoms with Gasteiger partial charge in [-0.3, -0.25) is 4.79 Å². The Hall–Kier alpha value is -1.35. The fourth-order valence-corrected chi connectivity index (χ4v) is 2.17. The van der Waals surface area contributed by atoms with E-state index < -0.39 is 0 Å².